The molecular weight excluding hydrogens is 274 g/mol. The molecule has 0 aromatic carbocycles. The first-order valence-corrected chi connectivity index (χ1v) is 6.48. The van der Waals surface area contributed by atoms with Crippen LogP contribution >= 0.6 is 0 Å². The Kier molecular flexibility index (Phi) is 4.36. The second kappa shape index (κ2) is 6.21. The van der Waals surface area contributed by atoms with Crippen molar-refractivity contribution in [1.29, 1.82) is 0 Å². The fraction of sp³-hybridized carbons (Fsp3) is 0.385. The number of hydrogen-bond donors (Lipinski definition) is 2. The summed E-state index contributed by atoms with van der Waals surface area (Å²) in [6.07, 6.45) is 3.50. The molecular formula is C13H17N5O3. The van der Waals surface area contributed by atoms with Crippen LogP contribution in [-0.2, 0) is 24.9 Å². The van der Waals surface area contributed by atoms with Crippen LogP contribution in [0.1, 0.15) is 28.2 Å². The van der Waals surface area contributed by atoms with Crippen LogP contribution in [-0.4, -0.2) is 36.5 Å². The van der Waals surface area contributed by atoms with Gasteiger partial charge in [0.25, 0.3) is 0 Å². The molecule has 112 valence electrons. The van der Waals surface area contributed by atoms with E-state index in [0.29, 0.717) is 13.1 Å². The van der Waals surface area contributed by atoms with E-state index in [9.17, 15) is 9.59 Å². The smallest absolute Gasteiger partial charge is 0.356 e. The van der Waals surface area contributed by atoms with Gasteiger partial charge >= 0.3 is 5.97 Å². The molecule has 0 radical (unpaired) electrons. The molecule has 2 aromatic rings. The van der Waals surface area contributed by atoms with Gasteiger partial charge in [0.2, 0.25) is 5.91 Å². The maximum atomic E-state index is 11.8. The molecule has 2 N–H and O–H groups in total. The summed E-state index contributed by atoms with van der Waals surface area (Å²) in [4.78, 5) is 22.4. The molecule has 2 aromatic heterocycles. The van der Waals surface area contributed by atoms with Gasteiger partial charge in [-0.25, -0.2) is 4.79 Å². The minimum absolute atomic E-state index is 0.0265. The van der Waals surface area contributed by atoms with Gasteiger partial charge in [-0.1, -0.05) is 0 Å². The number of carbonyl (C=O) groups excluding carboxylic acids is 1. The molecule has 0 atom stereocenters. The normalized spacial score (nSPS) is 10.6. The van der Waals surface area contributed by atoms with Gasteiger partial charge in [0.05, 0.1) is 6.20 Å². The van der Waals surface area contributed by atoms with E-state index in [0.717, 1.165) is 11.3 Å². The fourth-order valence-electron chi connectivity index (χ4n) is 1.82. The number of nitrogens with zero attached hydrogens (tertiary/aromatic N) is 4. The Bertz CT molecular complexity index is 659. The van der Waals surface area contributed by atoms with Gasteiger partial charge in [-0.05, 0) is 13.0 Å². The number of aromatic nitrogens is 4. The summed E-state index contributed by atoms with van der Waals surface area (Å²) >= 11 is 0. The third-order valence-electron chi connectivity index (χ3n) is 3.24. The van der Waals surface area contributed by atoms with Crippen molar-refractivity contribution in [3.05, 3.63) is 35.4 Å². The zero-order chi connectivity index (χ0) is 15.4. The molecule has 8 heteroatoms. The minimum atomic E-state index is -1.08. The number of carboxylic acid groups (broad SMARTS) is 1. The third-order valence-corrected chi connectivity index (χ3v) is 3.24. The van der Waals surface area contributed by atoms with Gasteiger partial charge in [-0.15, -0.1) is 0 Å². The Morgan fingerprint density at radius 2 is 2.19 bits per heavy atom. The number of carboxylic acids is 1. The molecule has 0 bridgehead atoms. The maximum absolute atomic E-state index is 11.8. The van der Waals surface area contributed by atoms with E-state index in [1.54, 1.807) is 17.1 Å². The van der Waals surface area contributed by atoms with Crippen LogP contribution < -0.4 is 5.32 Å². The van der Waals surface area contributed by atoms with Gasteiger partial charge in [-0.2, -0.15) is 10.2 Å². The average Bonchev–Trinajstić information content (AvgIpc) is 3.04. The van der Waals surface area contributed by atoms with Crippen LogP contribution in [0.3, 0.4) is 0 Å². The molecule has 0 fully saturated rings. The standard InChI is InChI=1S/C13H17N5O3/c1-9-10(8-15-17(9)2)7-14-12(19)4-6-18-5-3-11(16-18)13(20)21/h3,5,8H,4,6-7H2,1-2H3,(H,14,19)(H,20,21). The van der Waals surface area contributed by atoms with E-state index >= 15 is 0 Å². The first-order chi connectivity index (χ1) is 9.97. The molecule has 0 saturated carbocycles. The van der Waals surface area contributed by atoms with Crippen molar-refractivity contribution < 1.29 is 14.7 Å². The highest BCUT2D eigenvalue weighted by atomic mass is 16.4. The lowest BCUT2D eigenvalue weighted by molar-refractivity contribution is -0.121. The van der Waals surface area contributed by atoms with E-state index in [1.165, 1.54) is 10.7 Å². The minimum Gasteiger partial charge on any atom is -0.476 e. The molecule has 0 aliphatic rings. The number of amides is 1. The molecule has 0 aliphatic heterocycles. The molecule has 0 unspecified atom stereocenters. The van der Waals surface area contributed by atoms with E-state index in [2.05, 4.69) is 15.5 Å². The van der Waals surface area contributed by atoms with Gasteiger partial charge in [0.15, 0.2) is 5.69 Å². The van der Waals surface area contributed by atoms with Gasteiger partial charge in [0.1, 0.15) is 0 Å². The second-order valence-electron chi connectivity index (χ2n) is 4.67. The molecule has 0 aliphatic carbocycles. The SMILES string of the molecule is Cc1c(CNC(=O)CCn2ccc(C(=O)O)n2)cnn1C. The number of rotatable bonds is 6. The molecule has 1 amide bonds. The van der Waals surface area contributed by atoms with E-state index in [-0.39, 0.29) is 18.0 Å². The summed E-state index contributed by atoms with van der Waals surface area (Å²) in [5.74, 6) is -1.20. The first kappa shape index (κ1) is 14.8. The van der Waals surface area contributed by atoms with Crippen molar-refractivity contribution in [2.45, 2.75) is 26.4 Å². The Labute approximate surface area is 121 Å². The lowest BCUT2D eigenvalue weighted by atomic mass is 10.2. The Morgan fingerprint density at radius 3 is 2.76 bits per heavy atom. The number of hydrogen-bond acceptors (Lipinski definition) is 4. The number of carbonyl (C=O) groups is 2. The van der Waals surface area contributed by atoms with E-state index in [4.69, 9.17) is 5.11 Å². The van der Waals surface area contributed by atoms with Crippen LogP contribution in [0, 0.1) is 6.92 Å². The Balaban J connectivity index is 1.79. The predicted octanol–water partition coefficient (Wildman–Crippen LogP) is 0.330. The van der Waals surface area contributed by atoms with Crippen molar-refractivity contribution >= 4 is 11.9 Å². The van der Waals surface area contributed by atoms with Crippen molar-refractivity contribution in [3.8, 4) is 0 Å². The molecule has 2 heterocycles. The van der Waals surface area contributed by atoms with Crippen molar-refractivity contribution in [2.24, 2.45) is 7.05 Å². The monoisotopic (exact) mass is 291 g/mol. The lowest BCUT2D eigenvalue weighted by Crippen LogP contribution is -2.24. The van der Waals surface area contributed by atoms with Crippen LogP contribution in [0.15, 0.2) is 18.5 Å². The van der Waals surface area contributed by atoms with Crippen LogP contribution in [0.5, 0.6) is 0 Å². The Morgan fingerprint density at radius 1 is 1.43 bits per heavy atom. The van der Waals surface area contributed by atoms with Crippen LogP contribution in [0.25, 0.3) is 0 Å². The highest BCUT2D eigenvalue weighted by Gasteiger charge is 2.09. The first-order valence-electron chi connectivity index (χ1n) is 6.48. The number of aromatic carboxylic acids is 1. The van der Waals surface area contributed by atoms with Crippen LogP contribution in [0.4, 0.5) is 0 Å². The summed E-state index contributed by atoms with van der Waals surface area (Å²) in [5.41, 5.74) is 1.95. The molecule has 2 rings (SSSR count). The number of aryl methyl sites for hydroxylation is 2. The predicted molar refractivity (Wildman–Crippen MR) is 73.6 cm³/mol. The summed E-state index contributed by atoms with van der Waals surface area (Å²) in [6.45, 7) is 2.70. The number of nitrogens with one attached hydrogen (secondary N) is 1. The summed E-state index contributed by atoms with van der Waals surface area (Å²) in [5, 5.41) is 19.5. The van der Waals surface area contributed by atoms with Gasteiger partial charge in [-0.3, -0.25) is 14.2 Å². The third kappa shape index (κ3) is 3.68. The Hall–Kier alpha value is -2.64. The van der Waals surface area contributed by atoms with Gasteiger partial charge in [0, 0.05) is 44.0 Å². The maximum Gasteiger partial charge on any atom is 0.356 e. The second-order valence-corrected chi connectivity index (χ2v) is 4.67. The summed E-state index contributed by atoms with van der Waals surface area (Å²) in [7, 11) is 1.85. The quantitative estimate of drug-likeness (QED) is 0.798. The zero-order valence-corrected chi connectivity index (χ0v) is 11.9. The molecule has 21 heavy (non-hydrogen) atoms. The van der Waals surface area contributed by atoms with Crippen molar-refractivity contribution in [3.63, 3.8) is 0 Å². The fourth-order valence-corrected chi connectivity index (χ4v) is 1.82. The lowest BCUT2D eigenvalue weighted by Gasteiger charge is -2.05. The van der Waals surface area contributed by atoms with Gasteiger partial charge < -0.3 is 10.4 Å². The highest BCUT2D eigenvalue weighted by Crippen LogP contribution is 2.05. The zero-order valence-electron chi connectivity index (χ0n) is 11.9. The van der Waals surface area contributed by atoms with Crippen molar-refractivity contribution in [2.75, 3.05) is 0 Å². The highest BCUT2D eigenvalue weighted by molar-refractivity contribution is 5.85. The summed E-state index contributed by atoms with van der Waals surface area (Å²) in [6, 6.07) is 1.40. The summed E-state index contributed by atoms with van der Waals surface area (Å²) < 4.78 is 3.19. The van der Waals surface area contributed by atoms with Crippen LogP contribution in [0.2, 0.25) is 0 Å². The van der Waals surface area contributed by atoms with E-state index in [1.807, 2.05) is 14.0 Å². The molecule has 0 saturated heterocycles. The molecule has 8 nitrogen and oxygen atoms in total. The topological polar surface area (TPSA) is 102 Å². The molecule has 0 spiro atoms. The van der Waals surface area contributed by atoms with Crippen molar-refractivity contribution in [1.82, 2.24) is 24.9 Å². The average molecular weight is 291 g/mol. The largest absolute Gasteiger partial charge is 0.476 e. The van der Waals surface area contributed by atoms with E-state index < -0.39 is 5.97 Å².